The lowest BCUT2D eigenvalue weighted by molar-refractivity contribution is 0.349. The van der Waals surface area contributed by atoms with Gasteiger partial charge in [0.05, 0.1) is 33.2 Å². The fourth-order valence-corrected chi connectivity index (χ4v) is 2.14. The Morgan fingerprint density at radius 3 is 2.32 bits per heavy atom. The number of rotatable bonds is 7. The highest BCUT2D eigenvalue weighted by Gasteiger charge is 2.10. The van der Waals surface area contributed by atoms with Gasteiger partial charge in [-0.05, 0) is 12.0 Å². The Balaban J connectivity index is 2.26. The Kier molecular flexibility index (Phi) is 5.99. The highest BCUT2D eigenvalue weighted by Crippen LogP contribution is 2.33. The molecule has 0 saturated heterocycles. The summed E-state index contributed by atoms with van der Waals surface area (Å²) < 4.78 is 15.8. The quantitative estimate of drug-likeness (QED) is 0.590. The minimum atomic E-state index is -0.236. The van der Waals surface area contributed by atoms with Gasteiger partial charge in [-0.1, -0.05) is 13.8 Å². The summed E-state index contributed by atoms with van der Waals surface area (Å²) in [5.41, 5.74) is 3.85. The highest BCUT2D eigenvalue weighted by molar-refractivity contribution is 5.85. The van der Waals surface area contributed by atoms with Crippen molar-refractivity contribution in [3.05, 3.63) is 39.8 Å². The molecule has 1 heterocycles. The first-order valence-electron chi connectivity index (χ1n) is 7.68. The number of aromatic amines is 1. The fraction of sp³-hybridized carbons (Fsp3) is 0.353. The molecule has 0 atom stereocenters. The zero-order valence-corrected chi connectivity index (χ0v) is 14.9. The predicted molar refractivity (Wildman–Crippen MR) is 96.3 cm³/mol. The molecule has 0 unspecified atom stereocenters. The topological polar surface area (TPSA) is 97.8 Å². The second-order valence-corrected chi connectivity index (χ2v) is 5.49. The van der Waals surface area contributed by atoms with Gasteiger partial charge in [0, 0.05) is 17.7 Å². The molecule has 1 aromatic carbocycles. The monoisotopic (exact) mass is 346 g/mol. The van der Waals surface area contributed by atoms with Crippen LogP contribution in [0.3, 0.4) is 0 Å². The van der Waals surface area contributed by atoms with Crippen LogP contribution in [-0.4, -0.2) is 37.5 Å². The Hall–Kier alpha value is -3.03. The van der Waals surface area contributed by atoms with E-state index < -0.39 is 0 Å². The summed E-state index contributed by atoms with van der Waals surface area (Å²) in [5.74, 6) is 2.09. The van der Waals surface area contributed by atoms with Crippen LogP contribution in [0.4, 0.5) is 5.95 Å². The highest BCUT2D eigenvalue weighted by atomic mass is 16.5. The molecule has 0 bridgehead atoms. The number of H-pyrrole nitrogens is 1. The van der Waals surface area contributed by atoms with E-state index >= 15 is 0 Å². The van der Waals surface area contributed by atoms with Gasteiger partial charge in [-0.3, -0.25) is 9.78 Å². The summed E-state index contributed by atoms with van der Waals surface area (Å²) in [6, 6.07) is 4.92. The van der Waals surface area contributed by atoms with Gasteiger partial charge in [0.25, 0.3) is 5.56 Å². The van der Waals surface area contributed by atoms with Crippen molar-refractivity contribution in [3.63, 3.8) is 0 Å². The third-order valence-electron chi connectivity index (χ3n) is 3.46. The van der Waals surface area contributed by atoms with E-state index in [0.717, 1.165) is 0 Å². The van der Waals surface area contributed by atoms with Crippen LogP contribution in [0.25, 0.3) is 0 Å². The van der Waals surface area contributed by atoms with E-state index in [1.165, 1.54) is 6.07 Å². The van der Waals surface area contributed by atoms with Crippen molar-refractivity contribution in [2.24, 2.45) is 5.10 Å². The number of methoxy groups -OCH3 is 3. The Labute approximate surface area is 145 Å². The normalized spacial score (nSPS) is 11.0. The molecule has 0 saturated carbocycles. The van der Waals surface area contributed by atoms with Gasteiger partial charge >= 0.3 is 0 Å². The molecule has 0 radical (unpaired) electrons. The number of aromatic nitrogens is 2. The van der Waals surface area contributed by atoms with E-state index in [2.05, 4.69) is 20.5 Å². The summed E-state index contributed by atoms with van der Waals surface area (Å²) in [7, 11) is 4.66. The Morgan fingerprint density at radius 1 is 1.08 bits per heavy atom. The summed E-state index contributed by atoms with van der Waals surface area (Å²) in [5, 5.41) is 4.11. The van der Waals surface area contributed by atoms with Crippen molar-refractivity contribution in [3.8, 4) is 17.2 Å². The lowest BCUT2D eigenvalue weighted by atomic mass is 10.1. The zero-order valence-electron chi connectivity index (χ0n) is 14.9. The van der Waals surface area contributed by atoms with Crippen LogP contribution >= 0.6 is 0 Å². The van der Waals surface area contributed by atoms with Crippen LogP contribution in [0.5, 0.6) is 17.2 Å². The van der Waals surface area contributed by atoms with Crippen LogP contribution in [0.1, 0.15) is 31.0 Å². The minimum absolute atomic E-state index is 0.137. The van der Waals surface area contributed by atoms with Crippen molar-refractivity contribution < 1.29 is 14.2 Å². The molecule has 2 rings (SSSR count). The largest absolute Gasteiger partial charge is 0.496 e. The van der Waals surface area contributed by atoms with E-state index in [-0.39, 0.29) is 17.4 Å². The summed E-state index contributed by atoms with van der Waals surface area (Å²) in [4.78, 5) is 18.6. The van der Waals surface area contributed by atoms with Crippen LogP contribution in [-0.2, 0) is 0 Å². The molecular formula is C17H22N4O4. The SMILES string of the molecule is COc1cc(OC)c(OC)cc1/C=N\Nc1nc(C(C)C)cc(=O)[nH]1. The van der Waals surface area contributed by atoms with Crippen LogP contribution in [0.15, 0.2) is 28.1 Å². The van der Waals surface area contributed by atoms with Gasteiger partial charge < -0.3 is 14.2 Å². The van der Waals surface area contributed by atoms with E-state index in [4.69, 9.17) is 14.2 Å². The van der Waals surface area contributed by atoms with Crippen LogP contribution < -0.4 is 25.2 Å². The lowest BCUT2D eigenvalue weighted by Crippen LogP contribution is -2.12. The molecule has 1 aromatic heterocycles. The van der Waals surface area contributed by atoms with E-state index in [1.807, 2.05) is 13.8 Å². The number of nitrogens with one attached hydrogen (secondary N) is 2. The van der Waals surface area contributed by atoms with Crippen molar-refractivity contribution in [1.29, 1.82) is 0 Å². The van der Waals surface area contributed by atoms with E-state index in [0.29, 0.717) is 28.5 Å². The summed E-state index contributed by atoms with van der Waals surface area (Å²) >= 11 is 0. The van der Waals surface area contributed by atoms with Gasteiger partial charge in [-0.15, -0.1) is 0 Å². The van der Waals surface area contributed by atoms with Gasteiger partial charge in [-0.2, -0.15) is 5.10 Å². The molecule has 2 aromatic rings. The first-order chi connectivity index (χ1) is 12.0. The third kappa shape index (κ3) is 4.50. The van der Waals surface area contributed by atoms with E-state index in [9.17, 15) is 4.79 Å². The molecule has 0 aliphatic heterocycles. The van der Waals surface area contributed by atoms with Crippen molar-refractivity contribution >= 4 is 12.2 Å². The maximum atomic E-state index is 11.7. The molecule has 8 nitrogen and oxygen atoms in total. The number of anilines is 1. The molecule has 0 fully saturated rings. The lowest BCUT2D eigenvalue weighted by Gasteiger charge is -2.11. The molecule has 0 aliphatic rings. The number of ether oxygens (including phenoxy) is 3. The van der Waals surface area contributed by atoms with Gasteiger partial charge in [0.1, 0.15) is 5.75 Å². The van der Waals surface area contributed by atoms with Crippen LogP contribution in [0, 0.1) is 0 Å². The first kappa shape index (κ1) is 18.3. The van der Waals surface area contributed by atoms with Gasteiger partial charge in [-0.25, -0.2) is 10.4 Å². The average Bonchev–Trinajstić information content (AvgIpc) is 2.60. The summed E-state index contributed by atoms with van der Waals surface area (Å²) in [6.07, 6.45) is 1.54. The van der Waals surface area contributed by atoms with Crippen molar-refractivity contribution in [2.75, 3.05) is 26.8 Å². The summed E-state index contributed by atoms with van der Waals surface area (Å²) in [6.45, 7) is 3.92. The molecular weight excluding hydrogens is 324 g/mol. The Bertz CT molecular complexity index is 815. The number of hydrogen-bond acceptors (Lipinski definition) is 7. The maximum Gasteiger partial charge on any atom is 0.252 e. The zero-order chi connectivity index (χ0) is 18.4. The number of benzene rings is 1. The van der Waals surface area contributed by atoms with Crippen LogP contribution in [0.2, 0.25) is 0 Å². The third-order valence-corrected chi connectivity index (χ3v) is 3.46. The average molecular weight is 346 g/mol. The molecule has 134 valence electrons. The Morgan fingerprint density at radius 2 is 1.72 bits per heavy atom. The molecule has 0 spiro atoms. The predicted octanol–water partition coefficient (Wildman–Crippen LogP) is 2.37. The van der Waals surface area contributed by atoms with E-state index in [1.54, 1.807) is 39.7 Å². The standard InChI is InChI=1S/C17H22N4O4/c1-10(2)12-7-16(22)20-17(19-12)21-18-9-11-6-14(24-4)15(25-5)8-13(11)23-3/h6-10H,1-5H3,(H2,19,20,21,22)/b18-9-. The number of nitrogens with zero attached hydrogens (tertiary/aromatic N) is 2. The molecule has 25 heavy (non-hydrogen) atoms. The molecule has 0 amide bonds. The second kappa shape index (κ2) is 8.18. The molecule has 0 aliphatic carbocycles. The number of hydrogen-bond donors (Lipinski definition) is 2. The molecule has 8 heteroatoms. The first-order valence-corrected chi connectivity index (χ1v) is 7.68. The maximum absolute atomic E-state index is 11.7. The minimum Gasteiger partial charge on any atom is -0.496 e. The van der Waals surface area contributed by atoms with Gasteiger partial charge in [0.15, 0.2) is 11.5 Å². The molecule has 2 N–H and O–H groups in total. The fourth-order valence-electron chi connectivity index (χ4n) is 2.14. The van der Waals surface area contributed by atoms with Crippen molar-refractivity contribution in [1.82, 2.24) is 9.97 Å². The second-order valence-electron chi connectivity index (χ2n) is 5.49. The van der Waals surface area contributed by atoms with Gasteiger partial charge in [0.2, 0.25) is 5.95 Å². The van der Waals surface area contributed by atoms with Crippen molar-refractivity contribution in [2.45, 2.75) is 19.8 Å². The smallest absolute Gasteiger partial charge is 0.252 e. The number of hydrazone groups is 1.